The van der Waals surface area contributed by atoms with Crippen LogP contribution >= 0.6 is 0 Å². The molecule has 0 saturated carbocycles. The highest BCUT2D eigenvalue weighted by Gasteiger charge is 2.06. The minimum atomic E-state index is -0.458. The molecule has 0 spiro atoms. The van der Waals surface area contributed by atoms with Crippen molar-refractivity contribution >= 4 is 11.6 Å². The highest BCUT2D eigenvalue weighted by Crippen LogP contribution is 2.12. The standard InChI is InChI=1S/C14H16N4O3/c19-14(16-6-1-8-17-9-7-15-11-17)10-12-2-4-13(5-3-12)18(20)21/h2-5,7,9,11H,1,6,8,10H2,(H,16,19). The first kappa shape index (κ1) is 14.7. The minimum Gasteiger partial charge on any atom is -0.356 e. The maximum Gasteiger partial charge on any atom is 0.269 e. The number of hydrogen-bond acceptors (Lipinski definition) is 4. The van der Waals surface area contributed by atoms with E-state index in [1.807, 2.05) is 10.8 Å². The van der Waals surface area contributed by atoms with Gasteiger partial charge in [0.05, 0.1) is 17.7 Å². The number of imidazole rings is 1. The summed E-state index contributed by atoms with van der Waals surface area (Å²) in [5.41, 5.74) is 0.784. The lowest BCUT2D eigenvalue weighted by atomic mass is 10.1. The molecule has 0 aliphatic heterocycles. The first-order valence-corrected chi connectivity index (χ1v) is 6.61. The van der Waals surface area contributed by atoms with Crippen molar-refractivity contribution in [2.75, 3.05) is 6.54 Å². The second kappa shape index (κ2) is 7.18. The number of rotatable bonds is 7. The zero-order valence-electron chi connectivity index (χ0n) is 11.4. The van der Waals surface area contributed by atoms with E-state index >= 15 is 0 Å². The topological polar surface area (TPSA) is 90.1 Å². The third-order valence-electron chi connectivity index (χ3n) is 2.99. The molecule has 0 radical (unpaired) electrons. The van der Waals surface area contributed by atoms with Gasteiger partial charge in [-0.05, 0) is 12.0 Å². The summed E-state index contributed by atoms with van der Waals surface area (Å²) >= 11 is 0. The number of aryl methyl sites for hydroxylation is 1. The molecule has 0 unspecified atom stereocenters. The highest BCUT2D eigenvalue weighted by molar-refractivity contribution is 5.78. The Balaban J connectivity index is 1.70. The molecule has 0 aliphatic carbocycles. The van der Waals surface area contributed by atoms with E-state index in [0.717, 1.165) is 18.5 Å². The van der Waals surface area contributed by atoms with Crippen LogP contribution in [0.25, 0.3) is 0 Å². The van der Waals surface area contributed by atoms with Crippen molar-refractivity contribution in [1.29, 1.82) is 0 Å². The third-order valence-corrected chi connectivity index (χ3v) is 2.99. The number of nitrogens with zero attached hydrogens (tertiary/aromatic N) is 3. The number of nitro groups is 1. The molecular weight excluding hydrogens is 272 g/mol. The van der Waals surface area contributed by atoms with E-state index < -0.39 is 4.92 Å². The number of carbonyl (C=O) groups excluding carboxylic acids is 1. The Kier molecular flexibility index (Phi) is 5.03. The zero-order valence-corrected chi connectivity index (χ0v) is 11.4. The first-order chi connectivity index (χ1) is 10.1. The fourth-order valence-electron chi connectivity index (χ4n) is 1.89. The molecule has 2 rings (SSSR count). The van der Waals surface area contributed by atoms with Crippen LogP contribution in [-0.4, -0.2) is 26.9 Å². The predicted molar refractivity (Wildman–Crippen MR) is 76.7 cm³/mol. The summed E-state index contributed by atoms with van der Waals surface area (Å²) < 4.78 is 1.95. The fourth-order valence-corrected chi connectivity index (χ4v) is 1.89. The molecule has 21 heavy (non-hydrogen) atoms. The van der Waals surface area contributed by atoms with Crippen molar-refractivity contribution in [3.63, 3.8) is 0 Å². The Morgan fingerprint density at radius 2 is 2.10 bits per heavy atom. The number of aromatic nitrogens is 2. The SMILES string of the molecule is O=C(Cc1ccc([N+](=O)[O-])cc1)NCCCn1ccnc1. The van der Waals surface area contributed by atoms with Crippen LogP contribution in [0.4, 0.5) is 5.69 Å². The Morgan fingerprint density at radius 3 is 2.71 bits per heavy atom. The number of amides is 1. The van der Waals surface area contributed by atoms with Gasteiger partial charge in [-0.3, -0.25) is 14.9 Å². The second-order valence-corrected chi connectivity index (χ2v) is 4.60. The van der Waals surface area contributed by atoms with E-state index in [9.17, 15) is 14.9 Å². The van der Waals surface area contributed by atoms with Crippen molar-refractivity contribution in [1.82, 2.24) is 14.9 Å². The monoisotopic (exact) mass is 288 g/mol. The fraction of sp³-hybridized carbons (Fsp3) is 0.286. The summed E-state index contributed by atoms with van der Waals surface area (Å²) in [6.07, 6.45) is 6.37. The van der Waals surface area contributed by atoms with Crippen molar-refractivity contribution in [2.45, 2.75) is 19.4 Å². The Bertz CT molecular complexity index is 593. The number of carbonyl (C=O) groups is 1. The molecule has 0 saturated heterocycles. The molecule has 0 bridgehead atoms. The summed E-state index contributed by atoms with van der Waals surface area (Å²) in [5, 5.41) is 13.4. The van der Waals surface area contributed by atoms with Gasteiger partial charge < -0.3 is 9.88 Å². The number of nitro benzene ring substituents is 1. The van der Waals surface area contributed by atoms with Gasteiger partial charge in [-0.15, -0.1) is 0 Å². The minimum absolute atomic E-state index is 0.0273. The molecule has 0 atom stereocenters. The van der Waals surface area contributed by atoms with E-state index in [4.69, 9.17) is 0 Å². The number of benzene rings is 1. The molecule has 110 valence electrons. The van der Waals surface area contributed by atoms with Gasteiger partial charge in [0.25, 0.3) is 5.69 Å². The summed E-state index contributed by atoms with van der Waals surface area (Å²) in [7, 11) is 0. The van der Waals surface area contributed by atoms with Gasteiger partial charge in [-0.2, -0.15) is 0 Å². The first-order valence-electron chi connectivity index (χ1n) is 6.61. The van der Waals surface area contributed by atoms with Crippen LogP contribution in [0.1, 0.15) is 12.0 Å². The van der Waals surface area contributed by atoms with E-state index in [1.54, 1.807) is 24.7 Å². The molecule has 1 amide bonds. The molecule has 1 aromatic heterocycles. The van der Waals surface area contributed by atoms with Crippen molar-refractivity contribution in [3.8, 4) is 0 Å². The lowest BCUT2D eigenvalue weighted by Crippen LogP contribution is -2.26. The molecule has 7 nitrogen and oxygen atoms in total. The molecule has 0 fully saturated rings. The molecule has 1 heterocycles. The largest absolute Gasteiger partial charge is 0.356 e. The molecule has 0 aliphatic rings. The smallest absolute Gasteiger partial charge is 0.269 e. The van der Waals surface area contributed by atoms with Gasteiger partial charge in [-0.25, -0.2) is 4.98 Å². The summed E-state index contributed by atoms with van der Waals surface area (Å²) in [5.74, 6) is -0.0884. The molecule has 2 aromatic rings. The van der Waals surface area contributed by atoms with Crippen LogP contribution in [0.5, 0.6) is 0 Å². The van der Waals surface area contributed by atoms with Crippen molar-refractivity contribution < 1.29 is 9.72 Å². The average molecular weight is 288 g/mol. The lowest BCUT2D eigenvalue weighted by molar-refractivity contribution is -0.384. The Labute approximate surface area is 121 Å². The summed E-state index contributed by atoms with van der Waals surface area (Å²) in [6.45, 7) is 1.39. The maximum absolute atomic E-state index is 11.7. The number of hydrogen-bond donors (Lipinski definition) is 1. The van der Waals surface area contributed by atoms with E-state index in [0.29, 0.717) is 6.54 Å². The van der Waals surface area contributed by atoms with Gasteiger partial charge in [0, 0.05) is 37.6 Å². The second-order valence-electron chi connectivity index (χ2n) is 4.60. The van der Waals surface area contributed by atoms with Crippen LogP contribution in [0.15, 0.2) is 43.0 Å². The van der Waals surface area contributed by atoms with Crippen molar-refractivity contribution in [2.24, 2.45) is 0 Å². The number of non-ortho nitro benzene ring substituents is 1. The Morgan fingerprint density at radius 1 is 1.33 bits per heavy atom. The quantitative estimate of drug-likeness (QED) is 0.475. The highest BCUT2D eigenvalue weighted by atomic mass is 16.6. The Hall–Kier alpha value is -2.70. The third kappa shape index (κ3) is 4.72. The van der Waals surface area contributed by atoms with Crippen LogP contribution in [0, 0.1) is 10.1 Å². The number of nitrogens with one attached hydrogen (secondary N) is 1. The van der Waals surface area contributed by atoms with Crippen LogP contribution in [-0.2, 0) is 17.8 Å². The summed E-state index contributed by atoms with van der Waals surface area (Å²) in [6, 6.07) is 6.01. The van der Waals surface area contributed by atoms with Crippen LogP contribution in [0.2, 0.25) is 0 Å². The molecule has 1 N–H and O–H groups in total. The van der Waals surface area contributed by atoms with Crippen molar-refractivity contribution in [3.05, 3.63) is 58.7 Å². The van der Waals surface area contributed by atoms with Gasteiger partial charge >= 0.3 is 0 Å². The summed E-state index contributed by atoms with van der Waals surface area (Å²) in [4.78, 5) is 25.7. The normalized spacial score (nSPS) is 10.3. The maximum atomic E-state index is 11.7. The van der Waals surface area contributed by atoms with Gasteiger partial charge in [-0.1, -0.05) is 12.1 Å². The van der Waals surface area contributed by atoms with Crippen LogP contribution in [0.3, 0.4) is 0 Å². The zero-order chi connectivity index (χ0) is 15.1. The molecule has 1 aromatic carbocycles. The van der Waals surface area contributed by atoms with E-state index in [1.165, 1.54) is 12.1 Å². The van der Waals surface area contributed by atoms with Gasteiger partial charge in [0.2, 0.25) is 5.91 Å². The predicted octanol–water partition coefficient (Wildman–Crippen LogP) is 1.54. The van der Waals surface area contributed by atoms with Crippen LogP contribution < -0.4 is 5.32 Å². The average Bonchev–Trinajstić information content (AvgIpc) is 2.97. The molecular formula is C14H16N4O3. The van der Waals surface area contributed by atoms with Gasteiger partial charge in [0.15, 0.2) is 0 Å². The van der Waals surface area contributed by atoms with E-state index in [2.05, 4.69) is 10.3 Å². The van der Waals surface area contributed by atoms with Gasteiger partial charge in [0.1, 0.15) is 0 Å². The molecule has 7 heteroatoms. The van der Waals surface area contributed by atoms with E-state index in [-0.39, 0.29) is 18.0 Å². The lowest BCUT2D eigenvalue weighted by Gasteiger charge is -2.06.